The van der Waals surface area contributed by atoms with E-state index in [-0.39, 0.29) is 0 Å². The van der Waals surface area contributed by atoms with Gasteiger partial charge in [-0.15, -0.1) is 0 Å². The SMILES string of the molecule is CCOCc1nc2c(CN)cccc2n1C. The predicted octanol–water partition coefficient (Wildman–Crippen LogP) is 1.57. The number of aryl methyl sites for hydroxylation is 1. The van der Waals surface area contributed by atoms with Crippen molar-refractivity contribution in [2.24, 2.45) is 12.8 Å². The fourth-order valence-electron chi connectivity index (χ4n) is 1.81. The summed E-state index contributed by atoms with van der Waals surface area (Å²) in [5, 5.41) is 0. The van der Waals surface area contributed by atoms with Crippen molar-refractivity contribution in [3.05, 3.63) is 29.6 Å². The first-order valence-electron chi connectivity index (χ1n) is 5.49. The lowest BCUT2D eigenvalue weighted by atomic mass is 10.2. The maximum absolute atomic E-state index is 5.69. The molecule has 0 amide bonds. The Morgan fingerprint density at radius 2 is 2.25 bits per heavy atom. The highest BCUT2D eigenvalue weighted by Crippen LogP contribution is 2.19. The fraction of sp³-hybridized carbons (Fsp3) is 0.417. The zero-order valence-corrected chi connectivity index (χ0v) is 9.73. The Hall–Kier alpha value is -1.39. The molecule has 0 radical (unpaired) electrons. The van der Waals surface area contributed by atoms with E-state index in [1.807, 2.05) is 26.1 Å². The summed E-state index contributed by atoms with van der Waals surface area (Å²) in [4.78, 5) is 4.58. The molecule has 0 aliphatic carbocycles. The Labute approximate surface area is 95.0 Å². The lowest BCUT2D eigenvalue weighted by Gasteiger charge is -2.01. The number of hydrogen-bond donors (Lipinski definition) is 1. The first kappa shape index (κ1) is 11.1. The third kappa shape index (κ3) is 1.81. The molecule has 0 aliphatic rings. The second kappa shape index (κ2) is 4.63. The fourth-order valence-corrected chi connectivity index (χ4v) is 1.81. The van der Waals surface area contributed by atoms with E-state index in [2.05, 4.69) is 15.6 Å². The van der Waals surface area contributed by atoms with Crippen LogP contribution < -0.4 is 5.73 Å². The van der Waals surface area contributed by atoms with Crippen molar-refractivity contribution in [1.82, 2.24) is 9.55 Å². The molecule has 1 heterocycles. The highest BCUT2D eigenvalue weighted by Gasteiger charge is 2.09. The molecular formula is C12H17N3O. The maximum Gasteiger partial charge on any atom is 0.135 e. The molecule has 0 saturated carbocycles. The van der Waals surface area contributed by atoms with Crippen molar-refractivity contribution in [3.63, 3.8) is 0 Å². The molecule has 4 nitrogen and oxygen atoms in total. The summed E-state index contributed by atoms with van der Waals surface area (Å²) in [6, 6.07) is 6.08. The second-order valence-corrected chi connectivity index (χ2v) is 3.71. The molecule has 0 atom stereocenters. The van der Waals surface area contributed by atoms with Gasteiger partial charge >= 0.3 is 0 Å². The van der Waals surface area contributed by atoms with E-state index in [4.69, 9.17) is 10.5 Å². The summed E-state index contributed by atoms with van der Waals surface area (Å²) in [5.74, 6) is 0.942. The number of fused-ring (bicyclic) bond motifs is 1. The molecule has 86 valence electrons. The van der Waals surface area contributed by atoms with Crippen LogP contribution in [0.25, 0.3) is 11.0 Å². The molecule has 0 aliphatic heterocycles. The van der Waals surface area contributed by atoms with Gasteiger partial charge in [0.25, 0.3) is 0 Å². The van der Waals surface area contributed by atoms with E-state index in [1.54, 1.807) is 0 Å². The van der Waals surface area contributed by atoms with Crippen molar-refractivity contribution in [3.8, 4) is 0 Å². The Balaban J connectivity index is 2.49. The molecule has 0 spiro atoms. The van der Waals surface area contributed by atoms with E-state index in [9.17, 15) is 0 Å². The van der Waals surface area contributed by atoms with E-state index >= 15 is 0 Å². The van der Waals surface area contributed by atoms with E-state index in [0.717, 1.165) is 22.4 Å². The summed E-state index contributed by atoms with van der Waals surface area (Å²) in [6.45, 7) is 3.75. The van der Waals surface area contributed by atoms with Gasteiger partial charge in [-0.05, 0) is 18.6 Å². The van der Waals surface area contributed by atoms with Crippen molar-refractivity contribution in [1.29, 1.82) is 0 Å². The molecule has 0 unspecified atom stereocenters. The summed E-state index contributed by atoms with van der Waals surface area (Å²) in [5.41, 5.74) is 8.87. The maximum atomic E-state index is 5.69. The average Bonchev–Trinajstić information content (AvgIpc) is 2.64. The number of imidazole rings is 1. The van der Waals surface area contributed by atoms with Gasteiger partial charge in [0.15, 0.2) is 0 Å². The van der Waals surface area contributed by atoms with Crippen LogP contribution in [0.4, 0.5) is 0 Å². The topological polar surface area (TPSA) is 53.1 Å². The third-order valence-corrected chi connectivity index (χ3v) is 2.74. The average molecular weight is 219 g/mol. The second-order valence-electron chi connectivity index (χ2n) is 3.71. The molecule has 1 aromatic heterocycles. The van der Waals surface area contributed by atoms with Gasteiger partial charge in [0.2, 0.25) is 0 Å². The summed E-state index contributed by atoms with van der Waals surface area (Å²) < 4.78 is 7.45. The van der Waals surface area contributed by atoms with Gasteiger partial charge in [-0.3, -0.25) is 0 Å². The van der Waals surface area contributed by atoms with Gasteiger partial charge < -0.3 is 15.0 Å². The Morgan fingerprint density at radius 1 is 1.44 bits per heavy atom. The number of nitrogens with two attached hydrogens (primary N) is 1. The number of ether oxygens (including phenoxy) is 1. The zero-order valence-electron chi connectivity index (χ0n) is 9.73. The molecule has 0 bridgehead atoms. The van der Waals surface area contributed by atoms with Gasteiger partial charge in [0.1, 0.15) is 12.4 Å². The first-order valence-corrected chi connectivity index (χ1v) is 5.49. The Bertz CT molecular complexity index is 490. The third-order valence-electron chi connectivity index (χ3n) is 2.74. The lowest BCUT2D eigenvalue weighted by Crippen LogP contribution is -2.00. The summed E-state index contributed by atoms with van der Waals surface area (Å²) >= 11 is 0. The molecule has 2 N–H and O–H groups in total. The van der Waals surface area contributed by atoms with Crippen LogP contribution in [0.3, 0.4) is 0 Å². The van der Waals surface area contributed by atoms with Crippen molar-refractivity contribution in [2.45, 2.75) is 20.1 Å². The quantitative estimate of drug-likeness (QED) is 0.849. The molecule has 0 saturated heterocycles. The van der Waals surface area contributed by atoms with Crippen LogP contribution in [-0.4, -0.2) is 16.2 Å². The van der Waals surface area contributed by atoms with Gasteiger partial charge in [-0.2, -0.15) is 0 Å². The number of nitrogens with zero attached hydrogens (tertiary/aromatic N) is 2. The zero-order chi connectivity index (χ0) is 11.5. The number of rotatable bonds is 4. The van der Waals surface area contributed by atoms with Crippen molar-refractivity contribution >= 4 is 11.0 Å². The van der Waals surface area contributed by atoms with Crippen LogP contribution in [0.2, 0.25) is 0 Å². The molecule has 2 aromatic rings. The lowest BCUT2D eigenvalue weighted by molar-refractivity contribution is 0.126. The van der Waals surface area contributed by atoms with Gasteiger partial charge in [0.05, 0.1) is 11.0 Å². The number of hydrogen-bond acceptors (Lipinski definition) is 3. The highest BCUT2D eigenvalue weighted by molar-refractivity contribution is 5.79. The van der Waals surface area contributed by atoms with Crippen LogP contribution in [0, 0.1) is 0 Å². The Kier molecular flexibility index (Phi) is 3.22. The monoisotopic (exact) mass is 219 g/mol. The first-order chi connectivity index (χ1) is 7.77. The summed E-state index contributed by atoms with van der Waals surface area (Å²) in [6.07, 6.45) is 0. The number of para-hydroxylation sites is 1. The minimum atomic E-state index is 0.516. The van der Waals surface area contributed by atoms with Gasteiger partial charge in [-0.25, -0.2) is 4.98 Å². The van der Waals surface area contributed by atoms with Crippen LogP contribution >= 0.6 is 0 Å². The molecule has 16 heavy (non-hydrogen) atoms. The number of aromatic nitrogens is 2. The van der Waals surface area contributed by atoms with Gasteiger partial charge in [-0.1, -0.05) is 12.1 Å². The van der Waals surface area contributed by atoms with Crippen LogP contribution in [0.5, 0.6) is 0 Å². The largest absolute Gasteiger partial charge is 0.374 e. The minimum Gasteiger partial charge on any atom is -0.374 e. The van der Waals surface area contributed by atoms with Crippen LogP contribution in [0.1, 0.15) is 18.3 Å². The van der Waals surface area contributed by atoms with Crippen LogP contribution in [0.15, 0.2) is 18.2 Å². The standard InChI is InChI=1S/C12H17N3O/c1-3-16-8-11-14-12-9(7-13)5-4-6-10(12)15(11)2/h4-6H,3,7-8,13H2,1-2H3. The normalized spacial score (nSPS) is 11.2. The smallest absolute Gasteiger partial charge is 0.135 e. The van der Waals surface area contributed by atoms with Gasteiger partial charge in [0, 0.05) is 20.2 Å². The molecule has 2 rings (SSSR count). The Morgan fingerprint density at radius 3 is 2.94 bits per heavy atom. The molecule has 1 aromatic carbocycles. The predicted molar refractivity (Wildman–Crippen MR) is 63.9 cm³/mol. The van der Waals surface area contributed by atoms with Crippen molar-refractivity contribution in [2.75, 3.05) is 6.61 Å². The van der Waals surface area contributed by atoms with E-state index in [0.29, 0.717) is 19.8 Å². The highest BCUT2D eigenvalue weighted by atomic mass is 16.5. The molecule has 4 heteroatoms. The molecule has 0 fully saturated rings. The van der Waals surface area contributed by atoms with Crippen LogP contribution in [-0.2, 0) is 24.9 Å². The minimum absolute atomic E-state index is 0.516. The molecular weight excluding hydrogens is 202 g/mol. The number of benzene rings is 1. The van der Waals surface area contributed by atoms with Crippen molar-refractivity contribution < 1.29 is 4.74 Å². The summed E-state index contributed by atoms with van der Waals surface area (Å²) in [7, 11) is 2.00. The van der Waals surface area contributed by atoms with E-state index in [1.165, 1.54) is 0 Å². The van der Waals surface area contributed by atoms with E-state index < -0.39 is 0 Å².